The molecule has 1 fully saturated rings. The highest BCUT2D eigenvalue weighted by molar-refractivity contribution is 6.12. The maximum atomic E-state index is 10.0. The maximum absolute atomic E-state index is 10.0. The van der Waals surface area contributed by atoms with Crippen molar-refractivity contribution >= 4 is 17.7 Å². The molecule has 2 aromatic carbocycles. The van der Waals surface area contributed by atoms with Crippen molar-refractivity contribution in [3.63, 3.8) is 0 Å². The van der Waals surface area contributed by atoms with Crippen LogP contribution in [0.3, 0.4) is 0 Å². The normalized spacial score (nSPS) is 22.7. The molecule has 2 aromatic rings. The maximum Gasteiger partial charge on any atom is 0.192 e. The van der Waals surface area contributed by atoms with Crippen LogP contribution in [0.4, 0.5) is 0 Å². The first-order valence-electron chi connectivity index (χ1n) is 10.1. The lowest BCUT2D eigenvalue weighted by Gasteiger charge is -2.49. The van der Waals surface area contributed by atoms with Crippen molar-refractivity contribution in [2.45, 2.75) is 25.8 Å². The standard InChI is InChI=1S/C24H27N5O2/c1-5-31-27-22-21(15-19-13-9-10-14-20(19)17-25)28(3)23(26-30)24(2,29(22)4)16-18-11-7-6-8-12-18/h6-15,30H,5,16H2,1-4H3/b21-15-,26-23-,27-22-. The highest BCUT2D eigenvalue weighted by Gasteiger charge is 2.47. The van der Waals surface area contributed by atoms with Gasteiger partial charge in [0.25, 0.3) is 0 Å². The molecule has 0 radical (unpaired) electrons. The molecule has 3 rings (SSSR count). The summed E-state index contributed by atoms with van der Waals surface area (Å²) in [6.45, 7) is 4.29. The lowest BCUT2D eigenvalue weighted by molar-refractivity contribution is 0.146. The van der Waals surface area contributed by atoms with E-state index in [4.69, 9.17) is 4.84 Å². The van der Waals surface area contributed by atoms with Crippen LogP contribution in [0, 0.1) is 11.3 Å². The zero-order valence-corrected chi connectivity index (χ0v) is 18.3. The first-order valence-corrected chi connectivity index (χ1v) is 10.1. The highest BCUT2D eigenvalue weighted by Crippen LogP contribution is 2.33. The summed E-state index contributed by atoms with van der Waals surface area (Å²) in [5.74, 6) is 1.05. The molecule has 0 aliphatic carbocycles. The van der Waals surface area contributed by atoms with E-state index in [1.54, 1.807) is 11.0 Å². The van der Waals surface area contributed by atoms with E-state index in [1.165, 1.54) is 0 Å². The summed E-state index contributed by atoms with van der Waals surface area (Å²) in [5, 5.41) is 27.6. The van der Waals surface area contributed by atoms with Gasteiger partial charge in [-0.25, -0.2) is 0 Å². The number of likely N-dealkylation sites (N-methyl/N-ethyl adjacent to an activating group) is 2. The van der Waals surface area contributed by atoms with Gasteiger partial charge in [-0.3, -0.25) is 0 Å². The van der Waals surface area contributed by atoms with Crippen molar-refractivity contribution in [2.24, 2.45) is 10.3 Å². The smallest absolute Gasteiger partial charge is 0.192 e. The Balaban J connectivity index is 2.15. The van der Waals surface area contributed by atoms with Crippen LogP contribution in [0.15, 0.2) is 70.6 Å². The quantitative estimate of drug-likeness (QED) is 0.589. The number of piperazine rings is 1. The minimum atomic E-state index is -0.688. The van der Waals surface area contributed by atoms with Crippen LogP contribution in [0.25, 0.3) is 6.08 Å². The zero-order chi connectivity index (χ0) is 22.4. The van der Waals surface area contributed by atoms with Crippen molar-refractivity contribution in [1.29, 1.82) is 5.26 Å². The van der Waals surface area contributed by atoms with E-state index < -0.39 is 5.54 Å². The fourth-order valence-corrected chi connectivity index (χ4v) is 3.81. The van der Waals surface area contributed by atoms with Crippen LogP contribution >= 0.6 is 0 Å². The highest BCUT2D eigenvalue weighted by atomic mass is 16.6. The van der Waals surface area contributed by atoms with E-state index in [0.717, 1.165) is 11.1 Å². The number of amidine groups is 2. The van der Waals surface area contributed by atoms with Gasteiger partial charge in [0.2, 0.25) is 0 Å². The van der Waals surface area contributed by atoms with Gasteiger partial charge in [-0.05, 0) is 37.1 Å². The SMILES string of the molecule is CCO/N=C1/C(=C/c2ccccc2C#N)N(C)/C(=N\O)C(C)(Cc2ccccc2)N1C. The van der Waals surface area contributed by atoms with Gasteiger partial charge < -0.3 is 19.8 Å². The molecule has 0 bridgehead atoms. The molecule has 0 saturated carbocycles. The van der Waals surface area contributed by atoms with Crippen LogP contribution < -0.4 is 0 Å². The van der Waals surface area contributed by atoms with Gasteiger partial charge in [0.15, 0.2) is 11.7 Å². The van der Waals surface area contributed by atoms with E-state index in [9.17, 15) is 10.5 Å². The molecule has 7 nitrogen and oxygen atoms in total. The second-order valence-electron chi connectivity index (χ2n) is 7.54. The van der Waals surface area contributed by atoms with Crippen molar-refractivity contribution < 1.29 is 10.0 Å². The molecule has 31 heavy (non-hydrogen) atoms. The largest absolute Gasteiger partial charge is 0.409 e. The molecule has 7 heteroatoms. The molecule has 1 atom stereocenters. The molecule has 1 aliphatic heterocycles. The summed E-state index contributed by atoms with van der Waals surface area (Å²) in [5.41, 5.74) is 2.36. The summed E-state index contributed by atoms with van der Waals surface area (Å²) in [6.07, 6.45) is 2.46. The Labute approximate surface area is 183 Å². The van der Waals surface area contributed by atoms with Gasteiger partial charge in [0.1, 0.15) is 12.1 Å². The molecule has 0 aromatic heterocycles. The second kappa shape index (κ2) is 9.35. The summed E-state index contributed by atoms with van der Waals surface area (Å²) in [7, 11) is 3.73. The molecule has 160 valence electrons. The van der Waals surface area contributed by atoms with Gasteiger partial charge in [0.05, 0.1) is 17.3 Å². The van der Waals surface area contributed by atoms with Gasteiger partial charge >= 0.3 is 0 Å². The number of nitriles is 1. The minimum absolute atomic E-state index is 0.416. The van der Waals surface area contributed by atoms with Gasteiger partial charge in [-0.2, -0.15) is 5.26 Å². The zero-order valence-electron chi connectivity index (χ0n) is 18.3. The molecule has 1 unspecified atom stereocenters. The van der Waals surface area contributed by atoms with Crippen LogP contribution in [0.2, 0.25) is 0 Å². The molecule has 0 amide bonds. The van der Waals surface area contributed by atoms with Crippen molar-refractivity contribution in [2.75, 3.05) is 20.7 Å². The molecular weight excluding hydrogens is 390 g/mol. The fourth-order valence-electron chi connectivity index (χ4n) is 3.81. The summed E-state index contributed by atoms with van der Waals surface area (Å²) in [6, 6.07) is 19.6. The number of hydrogen-bond donors (Lipinski definition) is 1. The Hall–Kier alpha value is -3.79. The molecule has 1 heterocycles. The molecule has 1 saturated heterocycles. The number of rotatable bonds is 5. The van der Waals surface area contributed by atoms with Gasteiger partial charge in [-0.15, -0.1) is 0 Å². The number of benzene rings is 2. The van der Waals surface area contributed by atoms with Crippen molar-refractivity contribution in [3.8, 4) is 6.07 Å². The first-order chi connectivity index (χ1) is 15.0. The van der Waals surface area contributed by atoms with E-state index in [0.29, 0.717) is 36.0 Å². The van der Waals surface area contributed by atoms with Crippen LogP contribution in [0.5, 0.6) is 0 Å². The van der Waals surface area contributed by atoms with Crippen LogP contribution in [0.1, 0.15) is 30.5 Å². The lowest BCUT2D eigenvalue weighted by atomic mass is 9.86. The Morgan fingerprint density at radius 2 is 1.81 bits per heavy atom. The topological polar surface area (TPSA) is 84.4 Å². The average molecular weight is 418 g/mol. The first kappa shape index (κ1) is 21.9. The molecule has 1 N–H and O–H groups in total. The van der Waals surface area contributed by atoms with Crippen LogP contribution in [-0.2, 0) is 11.3 Å². The van der Waals surface area contributed by atoms with E-state index in [-0.39, 0.29) is 0 Å². The predicted molar refractivity (Wildman–Crippen MR) is 121 cm³/mol. The molecule has 1 aliphatic rings. The van der Waals surface area contributed by atoms with Crippen LogP contribution in [-0.4, -0.2) is 52.9 Å². The number of nitrogens with zero attached hydrogens (tertiary/aromatic N) is 5. The Morgan fingerprint density at radius 1 is 1.13 bits per heavy atom. The Morgan fingerprint density at radius 3 is 2.45 bits per heavy atom. The van der Waals surface area contributed by atoms with Crippen molar-refractivity contribution in [3.05, 3.63) is 77.0 Å². The summed E-state index contributed by atoms with van der Waals surface area (Å²) >= 11 is 0. The molecular formula is C24H27N5O2. The van der Waals surface area contributed by atoms with E-state index in [2.05, 4.69) is 16.4 Å². The monoisotopic (exact) mass is 417 g/mol. The molecule has 0 spiro atoms. The summed E-state index contributed by atoms with van der Waals surface area (Å²) in [4.78, 5) is 9.20. The van der Waals surface area contributed by atoms with Crippen molar-refractivity contribution in [1.82, 2.24) is 9.80 Å². The average Bonchev–Trinajstić information content (AvgIpc) is 2.78. The van der Waals surface area contributed by atoms with E-state index in [1.807, 2.05) is 87.4 Å². The number of hydrogen-bond acceptors (Lipinski definition) is 5. The Bertz CT molecular complexity index is 1060. The van der Waals surface area contributed by atoms with Gasteiger partial charge in [-0.1, -0.05) is 58.8 Å². The third kappa shape index (κ3) is 4.24. The second-order valence-corrected chi connectivity index (χ2v) is 7.54. The predicted octanol–water partition coefficient (Wildman–Crippen LogP) is 3.92. The number of oxime groups is 2. The van der Waals surface area contributed by atoms with E-state index >= 15 is 0 Å². The third-order valence-corrected chi connectivity index (χ3v) is 5.59. The van der Waals surface area contributed by atoms with Gasteiger partial charge in [0, 0.05) is 20.5 Å². The lowest BCUT2D eigenvalue weighted by Crippen LogP contribution is -2.64. The minimum Gasteiger partial charge on any atom is -0.409 e. The summed E-state index contributed by atoms with van der Waals surface area (Å²) < 4.78 is 0. The Kier molecular flexibility index (Phi) is 6.61. The fraction of sp³-hybridized carbons (Fsp3) is 0.292. The third-order valence-electron chi connectivity index (χ3n) is 5.59.